The van der Waals surface area contributed by atoms with Crippen molar-refractivity contribution in [1.29, 1.82) is 0 Å². The molecule has 0 unspecified atom stereocenters. The number of halogens is 2. The average Bonchev–Trinajstić information content (AvgIpc) is 2.59. The molecule has 1 aromatic heterocycles. The molecular formula is C16H18ClFN4OS. The zero-order chi connectivity index (χ0) is 17.5. The van der Waals surface area contributed by atoms with Crippen molar-refractivity contribution >= 4 is 41.3 Å². The van der Waals surface area contributed by atoms with Gasteiger partial charge in [-0.3, -0.25) is 9.69 Å². The number of anilines is 2. The number of aromatic nitrogens is 2. The zero-order valence-corrected chi connectivity index (χ0v) is 15.0. The van der Waals surface area contributed by atoms with E-state index in [0.717, 1.165) is 17.7 Å². The van der Waals surface area contributed by atoms with Crippen LogP contribution in [0.5, 0.6) is 0 Å². The van der Waals surface area contributed by atoms with Crippen LogP contribution in [0.4, 0.5) is 15.9 Å². The first-order valence-corrected chi connectivity index (χ1v) is 8.79. The Hall–Kier alpha value is -1.86. The Morgan fingerprint density at radius 2 is 2.04 bits per heavy atom. The second-order valence-electron chi connectivity index (χ2n) is 4.95. The molecule has 1 heterocycles. The smallest absolute Gasteiger partial charge is 0.215 e. The van der Waals surface area contributed by atoms with E-state index in [0.29, 0.717) is 23.1 Å². The van der Waals surface area contributed by atoms with E-state index in [4.69, 9.17) is 11.6 Å². The molecule has 0 spiro atoms. The van der Waals surface area contributed by atoms with Crippen molar-refractivity contribution in [3.8, 4) is 0 Å². The Bertz CT molecular complexity index is 699. The van der Waals surface area contributed by atoms with Crippen LogP contribution in [0.3, 0.4) is 0 Å². The summed E-state index contributed by atoms with van der Waals surface area (Å²) in [6, 6.07) is 5.96. The summed E-state index contributed by atoms with van der Waals surface area (Å²) in [6.07, 6.45) is 1.65. The van der Waals surface area contributed by atoms with E-state index >= 15 is 0 Å². The Balaban J connectivity index is 2.35. The number of amides is 1. The Kier molecular flexibility index (Phi) is 6.81. The molecule has 0 saturated heterocycles. The summed E-state index contributed by atoms with van der Waals surface area (Å²) in [5.74, 6) is 0.930. The third-order valence-electron chi connectivity index (χ3n) is 3.18. The maximum atomic E-state index is 13.0. The number of hydrogen-bond donors (Lipinski definition) is 1. The lowest BCUT2D eigenvalue weighted by molar-refractivity contribution is -0.107. The highest BCUT2D eigenvalue weighted by atomic mass is 35.5. The minimum Gasteiger partial charge on any atom is -0.383 e. The van der Waals surface area contributed by atoms with Gasteiger partial charge in [0.25, 0.3) is 0 Å². The number of thioether (sulfide) groups is 1. The standard InChI is InChI=1S/C16H18ClFN4OS/c1-3-8-24-16-20-14(17)13(19-2)15(21-16)22(10-23)9-11-4-6-12(18)7-5-11/h4-7,10,19H,3,8-9H2,1-2H3. The lowest BCUT2D eigenvalue weighted by Crippen LogP contribution is -2.23. The normalized spacial score (nSPS) is 10.5. The van der Waals surface area contributed by atoms with Crippen LogP contribution in [0, 0.1) is 5.82 Å². The summed E-state index contributed by atoms with van der Waals surface area (Å²) in [5, 5.41) is 3.70. The summed E-state index contributed by atoms with van der Waals surface area (Å²) in [7, 11) is 1.69. The first-order chi connectivity index (χ1) is 11.6. The predicted octanol–water partition coefficient (Wildman–Crippen LogP) is 3.98. The van der Waals surface area contributed by atoms with Gasteiger partial charge >= 0.3 is 0 Å². The Morgan fingerprint density at radius 3 is 2.62 bits per heavy atom. The molecule has 0 fully saturated rings. The lowest BCUT2D eigenvalue weighted by atomic mass is 10.2. The number of nitrogens with one attached hydrogen (secondary N) is 1. The molecule has 1 amide bonds. The molecule has 0 aliphatic carbocycles. The van der Waals surface area contributed by atoms with Crippen LogP contribution in [0.25, 0.3) is 0 Å². The maximum absolute atomic E-state index is 13.0. The van der Waals surface area contributed by atoms with Gasteiger partial charge in [-0.2, -0.15) is 0 Å². The molecule has 0 bridgehead atoms. The zero-order valence-electron chi connectivity index (χ0n) is 13.4. The molecule has 0 atom stereocenters. The quantitative estimate of drug-likeness (QED) is 0.330. The van der Waals surface area contributed by atoms with Crippen LogP contribution >= 0.6 is 23.4 Å². The van der Waals surface area contributed by atoms with E-state index in [1.165, 1.54) is 28.8 Å². The molecule has 24 heavy (non-hydrogen) atoms. The molecule has 1 N–H and O–H groups in total. The summed E-state index contributed by atoms with van der Waals surface area (Å²) < 4.78 is 13.0. The van der Waals surface area contributed by atoms with Crippen molar-refractivity contribution in [2.24, 2.45) is 0 Å². The van der Waals surface area contributed by atoms with Gasteiger partial charge in [-0.1, -0.05) is 42.4 Å². The van der Waals surface area contributed by atoms with Crippen LogP contribution in [-0.4, -0.2) is 29.2 Å². The minimum atomic E-state index is -0.323. The van der Waals surface area contributed by atoms with E-state index in [9.17, 15) is 9.18 Å². The topological polar surface area (TPSA) is 58.1 Å². The van der Waals surface area contributed by atoms with Crippen LogP contribution in [0.1, 0.15) is 18.9 Å². The first kappa shape index (κ1) is 18.5. The highest BCUT2D eigenvalue weighted by Crippen LogP contribution is 2.32. The monoisotopic (exact) mass is 368 g/mol. The van der Waals surface area contributed by atoms with Gasteiger partial charge in [-0.05, 0) is 24.1 Å². The van der Waals surface area contributed by atoms with Crippen LogP contribution in [0.15, 0.2) is 29.4 Å². The minimum absolute atomic E-state index is 0.254. The van der Waals surface area contributed by atoms with Gasteiger partial charge in [0, 0.05) is 12.8 Å². The number of carbonyl (C=O) groups is 1. The molecule has 2 aromatic rings. The molecule has 8 heteroatoms. The van der Waals surface area contributed by atoms with Crippen molar-refractivity contribution in [3.63, 3.8) is 0 Å². The fourth-order valence-corrected chi connectivity index (χ4v) is 3.04. The molecule has 5 nitrogen and oxygen atoms in total. The molecule has 0 radical (unpaired) electrons. The number of carbonyl (C=O) groups excluding carboxylic acids is 1. The number of nitrogens with zero attached hydrogens (tertiary/aromatic N) is 3. The Labute approximate surface area is 149 Å². The van der Waals surface area contributed by atoms with Crippen molar-refractivity contribution in [3.05, 3.63) is 40.8 Å². The van der Waals surface area contributed by atoms with Gasteiger partial charge in [-0.25, -0.2) is 14.4 Å². The third kappa shape index (κ3) is 4.58. The molecule has 1 aromatic carbocycles. The van der Waals surface area contributed by atoms with E-state index in [-0.39, 0.29) is 17.5 Å². The van der Waals surface area contributed by atoms with Crippen molar-refractivity contribution < 1.29 is 9.18 Å². The van der Waals surface area contributed by atoms with Gasteiger partial charge in [0.15, 0.2) is 16.1 Å². The van der Waals surface area contributed by atoms with E-state index in [2.05, 4.69) is 22.2 Å². The first-order valence-electron chi connectivity index (χ1n) is 7.43. The van der Waals surface area contributed by atoms with Gasteiger partial charge in [0.2, 0.25) is 6.41 Å². The molecule has 128 valence electrons. The van der Waals surface area contributed by atoms with E-state index in [1.54, 1.807) is 19.2 Å². The third-order valence-corrected chi connectivity index (χ3v) is 4.50. The summed E-state index contributed by atoms with van der Waals surface area (Å²) in [5.41, 5.74) is 1.26. The van der Waals surface area contributed by atoms with Gasteiger partial charge < -0.3 is 5.32 Å². The fraction of sp³-hybridized carbons (Fsp3) is 0.312. The SMILES string of the molecule is CCCSc1nc(Cl)c(NC)c(N(C=O)Cc2ccc(F)cc2)n1. The predicted molar refractivity (Wildman–Crippen MR) is 96.3 cm³/mol. The van der Waals surface area contributed by atoms with Gasteiger partial charge in [-0.15, -0.1) is 0 Å². The van der Waals surface area contributed by atoms with Crippen molar-refractivity contribution in [2.45, 2.75) is 25.0 Å². The van der Waals surface area contributed by atoms with Crippen LogP contribution in [-0.2, 0) is 11.3 Å². The van der Waals surface area contributed by atoms with Gasteiger partial charge in [0.1, 0.15) is 11.5 Å². The summed E-state index contributed by atoms with van der Waals surface area (Å²) in [4.78, 5) is 21.7. The second-order valence-corrected chi connectivity index (χ2v) is 6.37. The highest BCUT2D eigenvalue weighted by Gasteiger charge is 2.18. The van der Waals surface area contributed by atoms with E-state index in [1.807, 2.05) is 0 Å². The fourth-order valence-electron chi connectivity index (χ4n) is 2.03. The number of benzene rings is 1. The highest BCUT2D eigenvalue weighted by molar-refractivity contribution is 7.99. The molecule has 0 aliphatic rings. The molecule has 0 aliphatic heterocycles. The molecule has 2 rings (SSSR count). The van der Waals surface area contributed by atoms with Gasteiger partial charge in [0.05, 0.1) is 6.54 Å². The second kappa shape index (κ2) is 8.84. The Morgan fingerprint density at radius 1 is 1.33 bits per heavy atom. The van der Waals surface area contributed by atoms with Crippen molar-refractivity contribution in [1.82, 2.24) is 9.97 Å². The summed E-state index contributed by atoms with van der Waals surface area (Å²) in [6.45, 7) is 2.31. The largest absolute Gasteiger partial charge is 0.383 e. The van der Waals surface area contributed by atoms with Crippen LogP contribution in [0.2, 0.25) is 5.15 Å². The number of rotatable bonds is 8. The van der Waals surface area contributed by atoms with Crippen molar-refractivity contribution in [2.75, 3.05) is 23.0 Å². The van der Waals surface area contributed by atoms with E-state index < -0.39 is 0 Å². The average molecular weight is 369 g/mol. The molecular weight excluding hydrogens is 351 g/mol. The lowest BCUT2D eigenvalue weighted by Gasteiger charge is -2.20. The summed E-state index contributed by atoms with van der Waals surface area (Å²) >= 11 is 7.70. The van der Waals surface area contributed by atoms with Crippen LogP contribution < -0.4 is 10.2 Å². The maximum Gasteiger partial charge on any atom is 0.215 e. The number of hydrogen-bond acceptors (Lipinski definition) is 5. The molecule has 0 saturated carbocycles.